The van der Waals surface area contributed by atoms with Crippen molar-refractivity contribution in [1.82, 2.24) is 0 Å². The Kier molecular flexibility index (Phi) is 7.49. The van der Waals surface area contributed by atoms with Crippen LogP contribution in [0.3, 0.4) is 0 Å². The minimum Gasteiger partial charge on any atom is -0.461 e. The molecule has 2 aliphatic heterocycles. The summed E-state index contributed by atoms with van der Waals surface area (Å²) in [6.45, 7) is 3.22. The molecule has 0 N–H and O–H groups in total. The Labute approximate surface area is 171 Å². The Bertz CT molecular complexity index is 745. The number of carbonyl (C=O) groups excluding carboxylic acids is 2. The molecule has 0 aliphatic carbocycles. The zero-order valence-electron chi connectivity index (χ0n) is 15.0. The lowest BCUT2D eigenvalue weighted by atomic mass is 10.1. The average Bonchev–Trinajstić information content (AvgIpc) is 3.09. The van der Waals surface area contributed by atoms with E-state index in [9.17, 15) is 9.59 Å². The summed E-state index contributed by atoms with van der Waals surface area (Å²) in [4.78, 5) is 24.4. The van der Waals surface area contributed by atoms with E-state index in [2.05, 4.69) is 0 Å². The van der Waals surface area contributed by atoms with E-state index in [-0.39, 0.29) is 11.6 Å². The molecule has 3 rings (SSSR count). The topological polar surface area (TPSA) is 47.3 Å². The first-order chi connectivity index (χ1) is 12.6. The SMILES string of the molecule is CC(=O)C(Cc1ccc(C(C(C)=O)=C2SCCCS2)o1)=C1SCCCS1. The third-order valence-electron chi connectivity index (χ3n) is 4.00. The van der Waals surface area contributed by atoms with Gasteiger partial charge in [0, 0.05) is 16.2 Å². The van der Waals surface area contributed by atoms with Gasteiger partial charge in [-0.25, -0.2) is 0 Å². The van der Waals surface area contributed by atoms with Gasteiger partial charge < -0.3 is 4.42 Å². The van der Waals surface area contributed by atoms with E-state index in [0.717, 1.165) is 49.2 Å². The third-order valence-corrected chi connectivity index (χ3v) is 9.33. The van der Waals surface area contributed by atoms with Gasteiger partial charge in [0.15, 0.2) is 11.6 Å². The van der Waals surface area contributed by atoms with Crippen LogP contribution in [0.5, 0.6) is 0 Å². The lowest BCUT2D eigenvalue weighted by Gasteiger charge is -2.16. The fourth-order valence-electron chi connectivity index (χ4n) is 2.72. The van der Waals surface area contributed by atoms with Crippen LogP contribution in [0.2, 0.25) is 0 Å². The predicted octanol–water partition coefficient (Wildman–Crippen LogP) is 5.62. The number of thioether (sulfide) groups is 4. The molecule has 0 saturated carbocycles. The molecule has 0 amide bonds. The predicted molar refractivity (Wildman–Crippen MR) is 117 cm³/mol. The molecule has 2 aliphatic rings. The van der Waals surface area contributed by atoms with Crippen LogP contribution in [0, 0.1) is 0 Å². The molecule has 140 valence electrons. The highest BCUT2D eigenvalue weighted by molar-refractivity contribution is 8.23. The first kappa shape index (κ1) is 20.2. The fraction of sp³-hybridized carbons (Fsp3) is 0.474. The van der Waals surface area contributed by atoms with E-state index in [1.165, 1.54) is 6.42 Å². The summed E-state index contributed by atoms with van der Waals surface area (Å²) in [5, 5.41) is 0. The summed E-state index contributed by atoms with van der Waals surface area (Å²) in [5.74, 6) is 5.73. The number of hydrogen-bond donors (Lipinski definition) is 0. The highest BCUT2D eigenvalue weighted by Crippen LogP contribution is 2.42. The molecule has 2 fully saturated rings. The number of hydrogen-bond acceptors (Lipinski definition) is 7. The lowest BCUT2D eigenvalue weighted by molar-refractivity contribution is -0.114. The van der Waals surface area contributed by atoms with Crippen molar-refractivity contribution >= 4 is 64.2 Å². The lowest BCUT2D eigenvalue weighted by Crippen LogP contribution is -2.05. The number of carbonyl (C=O) groups is 2. The van der Waals surface area contributed by atoms with Crippen LogP contribution in [0.1, 0.15) is 38.2 Å². The first-order valence-electron chi connectivity index (χ1n) is 8.66. The molecule has 7 heteroatoms. The highest BCUT2D eigenvalue weighted by atomic mass is 32.2. The van der Waals surface area contributed by atoms with Crippen molar-refractivity contribution in [3.05, 3.63) is 37.7 Å². The van der Waals surface area contributed by atoms with Gasteiger partial charge in [-0.2, -0.15) is 0 Å². The van der Waals surface area contributed by atoms with E-state index in [1.54, 1.807) is 60.9 Å². The maximum absolute atomic E-state index is 12.2. The Morgan fingerprint density at radius 1 is 0.885 bits per heavy atom. The number of furan rings is 1. The van der Waals surface area contributed by atoms with E-state index >= 15 is 0 Å². The summed E-state index contributed by atoms with van der Waals surface area (Å²) < 4.78 is 8.21. The van der Waals surface area contributed by atoms with E-state index in [4.69, 9.17) is 4.42 Å². The highest BCUT2D eigenvalue weighted by Gasteiger charge is 2.22. The van der Waals surface area contributed by atoms with Crippen molar-refractivity contribution in [3.8, 4) is 0 Å². The van der Waals surface area contributed by atoms with Crippen molar-refractivity contribution in [3.63, 3.8) is 0 Å². The van der Waals surface area contributed by atoms with Gasteiger partial charge in [0.2, 0.25) is 0 Å². The Morgan fingerprint density at radius 2 is 1.46 bits per heavy atom. The van der Waals surface area contributed by atoms with Crippen molar-refractivity contribution in [2.24, 2.45) is 0 Å². The summed E-state index contributed by atoms with van der Waals surface area (Å²) in [6, 6.07) is 3.77. The second-order valence-electron chi connectivity index (χ2n) is 6.08. The molecular formula is C19H22O3S4. The normalized spacial score (nSPS) is 17.9. The minimum absolute atomic E-state index is 0.0336. The molecule has 1 aromatic rings. The molecule has 2 saturated heterocycles. The summed E-state index contributed by atoms with van der Waals surface area (Å²) in [6.07, 6.45) is 2.84. The zero-order valence-corrected chi connectivity index (χ0v) is 18.2. The maximum Gasteiger partial charge on any atom is 0.165 e. The molecular weight excluding hydrogens is 404 g/mol. The summed E-state index contributed by atoms with van der Waals surface area (Å²) in [5.41, 5.74) is 1.52. The van der Waals surface area contributed by atoms with Gasteiger partial charge in [0.05, 0.1) is 9.81 Å². The third kappa shape index (κ3) is 5.06. The monoisotopic (exact) mass is 426 g/mol. The van der Waals surface area contributed by atoms with Gasteiger partial charge in [-0.15, -0.1) is 47.0 Å². The van der Waals surface area contributed by atoms with Gasteiger partial charge >= 0.3 is 0 Å². The van der Waals surface area contributed by atoms with Gasteiger partial charge in [0.1, 0.15) is 11.5 Å². The summed E-state index contributed by atoms with van der Waals surface area (Å²) in [7, 11) is 0. The largest absolute Gasteiger partial charge is 0.461 e. The van der Waals surface area contributed by atoms with Crippen LogP contribution >= 0.6 is 47.0 Å². The quantitative estimate of drug-likeness (QED) is 0.566. The Balaban J connectivity index is 1.86. The van der Waals surface area contributed by atoms with Crippen LogP contribution in [-0.4, -0.2) is 34.6 Å². The van der Waals surface area contributed by atoms with Crippen LogP contribution in [0.4, 0.5) is 0 Å². The number of allylic oxidation sites excluding steroid dienone is 2. The van der Waals surface area contributed by atoms with Crippen molar-refractivity contribution in [2.45, 2.75) is 33.1 Å². The molecule has 0 atom stereocenters. The fourth-order valence-corrected chi connectivity index (χ4v) is 8.20. The van der Waals surface area contributed by atoms with E-state index in [0.29, 0.717) is 17.8 Å². The smallest absolute Gasteiger partial charge is 0.165 e. The standard InChI is InChI=1S/C19H22O3S4/c1-12(20)15(18-23-7-3-8-24-18)11-14-5-6-16(22-14)17(13(2)21)19-25-9-4-10-26-19/h5-6H,3-4,7-11H2,1-2H3. The molecule has 0 unspecified atom stereocenters. The molecule has 3 heterocycles. The number of Topliss-reactive ketones (excluding diaryl/α,β-unsaturated/α-hetero) is 2. The van der Waals surface area contributed by atoms with Crippen LogP contribution < -0.4 is 0 Å². The van der Waals surface area contributed by atoms with Crippen LogP contribution in [-0.2, 0) is 16.0 Å². The molecule has 0 spiro atoms. The Morgan fingerprint density at radius 3 is 2.00 bits per heavy atom. The zero-order chi connectivity index (χ0) is 18.5. The van der Waals surface area contributed by atoms with Gasteiger partial charge in [-0.3, -0.25) is 9.59 Å². The van der Waals surface area contributed by atoms with Crippen molar-refractivity contribution in [2.75, 3.05) is 23.0 Å². The molecule has 1 aromatic heterocycles. The maximum atomic E-state index is 12.2. The first-order valence-corrected chi connectivity index (χ1v) is 12.6. The van der Waals surface area contributed by atoms with Crippen LogP contribution in [0.25, 0.3) is 5.57 Å². The Hall–Kier alpha value is -0.500. The second kappa shape index (κ2) is 9.62. The molecule has 0 aromatic carbocycles. The second-order valence-corrected chi connectivity index (χ2v) is 11.0. The van der Waals surface area contributed by atoms with Gasteiger partial charge in [0.25, 0.3) is 0 Å². The number of rotatable bonds is 5. The molecule has 0 radical (unpaired) electrons. The average molecular weight is 427 g/mol. The molecule has 0 bridgehead atoms. The van der Waals surface area contributed by atoms with Gasteiger partial charge in [-0.1, -0.05) is 0 Å². The van der Waals surface area contributed by atoms with Crippen LogP contribution in [0.15, 0.2) is 30.6 Å². The van der Waals surface area contributed by atoms with Crippen molar-refractivity contribution < 1.29 is 14.0 Å². The van der Waals surface area contributed by atoms with E-state index < -0.39 is 0 Å². The van der Waals surface area contributed by atoms with Gasteiger partial charge in [-0.05, 0) is 61.8 Å². The molecule has 26 heavy (non-hydrogen) atoms. The molecule has 3 nitrogen and oxygen atoms in total. The summed E-state index contributed by atoms with van der Waals surface area (Å²) >= 11 is 7.01. The van der Waals surface area contributed by atoms with Crippen molar-refractivity contribution in [1.29, 1.82) is 0 Å². The number of ketones is 2. The minimum atomic E-state index is 0.0336. The van der Waals surface area contributed by atoms with E-state index in [1.807, 2.05) is 12.1 Å².